The van der Waals surface area contributed by atoms with Crippen LogP contribution in [0.5, 0.6) is 11.5 Å². The monoisotopic (exact) mass is 616 g/mol. The number of carbonyl (C=O) groups excluding carboxylic acids is 2. The number of aryl methyl sites for hydroxylation is 1. The van der Waals surface area contributed by atoms with E-state index in [-0.39, 0.29) is 10.9 Å². The van der Waals surface area contributed by atoms with Crippen molar-refractivity contribution in [2.45, 2.75) is 20.5 Å². The molecule has 0 saturated carbocycles. The summed E-state index contributed by atoms with van der Waals surface area (Å²) in [7, 11) is 0. The molecule has 1 fully saturated rings. The predicted molar refractivity (Wildman–Crippen MR) is 155 cm³/mol. The van der Waals surface area contributed by atoms with Gasteiger partial charge in [0.05, 0.1) is 16.0 Å². The van der Waals surface area contributed by atoms with Gasteiger partial charge in [-0.1, -0.05) is 59.8 Å². The Morgan fingerprint density at radius 3 is 2.62 bits per heavy atom. The number of rotatable bonds is 8. The van der Waals surface area contributed by atoms with Crippen molar-refractivity contribution >= 4 is 73.7 Å². The SMILES string of the molecule is CCOc1cc(/C=C2\SC(=S)N(NC(=O)c3ccccc3C)C2=O)cc(Br)c1OCc1ccccc1Cl. The molecule has 1 saturated heterocycles. The minimum atomic E-state index is -0.412. The quantitative estimate of drug-likeness (QED) is 0.218. The van der Waals surface area contributed by atoms with E-state index in [1.165, 1.54) is 0 Å². The molecule has 190 valence electrons. The van der Waals surface area contributed by atoms with E-state index in [1.54, 1.807) is 24.3 Å². The Morgan fingerprint density at radius 2 is 1.89 bits per heavy atom. The Morgan fingerprint density at radius 1 is 1.16 bits per heavy atom. The minimum Gasteiger partial charge on any atom is -0.490 e. The van der Waals surface area contributed by atoms with Gasteiger partial charge in [0.2, 0.25) is 0 Å². The number of thiocarbonyl (C=S) groups is 1. The topological polar surface area (TPSA) is 67.9 Å². The molecule has 4 rings (SSSR count). The van der Waals surface area contributed by atoms with Gasteiger partial charge < -0.3 is 9.47 Å². The zero-order valence-electron chi connectivity index (χ0n) is 19.9. The summed E-state index contributed by atoms with van der Waals surface area (Å²) in [4.78, 5) is 26.2. The third-order valence-electron chi connectivity index (χ3n) is 5.36. The third-order valence-corrected chi connectivity index (χ3v) is 7.62. The fourth-order valence-corrected chi connectivity index (χ4v) is 5.49. The van der Waals surface area contributed by atoms with Crippen LogP contribution in [0.4, 0.5) is 0 Å². The van der Waals surface area contributed by atoms with Crippen LogP contribution < -0.4 is 14.9 Å². The number of amides is 2. The van der Waals surface area contributed by atoms with Crippen molar-refractivity contribution in [2.24, 2.45) is 0 Å². The molecule has 2 amide bonds. The van der Waals surface area contributed by atoms with Gasteiger partial charge in [0.15, 0.2) is 15.8 Å². The van der Waals surface area contributed by atoms with Crippen LogP contribution in [0.3, 0.4) is 0 Å². The molecule has 1 N–H and O–H groups in total. The van der Waals surface area contributed by atoms with E-state index in [1.807, 2.05) is 56.3 Å². The molecule has 37 heavy (non-hydrogen) atoms. The lowest BCUT2D eigenvalue weighted by atomic mass is 10.1. The van der Waals surface area contributed by atoms with Gasteiger partial charge in [-0.2, -0.15) is 5.01 Å². The highest BCUT2D eigenvalue weighted by Gasteiger charge is 2.34. The Labute approximate surface area is 238 Å². The largest absolute Gasteiger partial charge is 0.490 e. The second-order valence-corrected chi connectivity index (χ2v) is 10.9. The van der Waals surface area contributed by atoms with Gasteiger partial charge in [-0.25, -0.2) is 0 Å². The molecule has 0 atom stereocenters. The summed E-state index contributed by atoms with van der Waals surface area (Å²) >= 11 is 16.3. The number of thioether (sulfide) groups is 1. The van der Waals surface area contributed by atoms with E-state index in [9.17, 15) is 9.59 Å². The molecule has 0 bridgehead atoms. The van der Waals surface area contributed by atoms with E-state index in [0.29, 0.717) is 43.6 Å². The smallest absolute Gasteiger partial charge is 0.285 e. The molecule has 0 unspecified atom stereocenters. The van der Waals surface area contributed by atoms with Crippen molar-refractivity contribution in [1.82, 2.24) is 10.4 Å². The first-order valence-corrected chi connectivity index (χ1v) is 13.6. The van der Waals surface area contributed by atoms with E-state index < -0.39 is 11.8 Å². The standard InChI is InChI=1S/C27H22BrClN2O4S2/c1-3-34-22-13-17(12-20(28)24(22)35-15-18-9-5-7-11-21(18)29)14-23-26(33)31(27(36)37-23)30-25(32)19-10-6-4-8-16(19)2/h4-14H,3,15H2,1-2H3,(H,30,32)/b23-14-. The molecule has 6 nitrogen and oxygen atoms in total. The fourth-order valence-electron chi connectivity index (χ4n) is 3.54. The first-order chi connectivity index (χ1) is 17.8. The number of hydrogen-bond acceptors (Lipinski definition) is 6. The maximum Gasteiger partial charge on any atom is 0.285 e. The third kappa shape index (κ3) is 6.35. The molecule has 3 aromatic rings. The van der Waals surface area contributed by atoms with E-state index >= 15 is 0 Å². The molecular weight excluding hydrogens is 596 g/mol. The van der Waals surface area contributed by atoms with Gasteiger partial charge >= 0.3 is 0 Å². The number of ether oxygens (including phenoxy) is 2. The molecule has 3 aromatic carbocycles. The van der Waals surface area contributed by atoms with Crippen LogP contribution in [-0.4, -0.2) is 27.8 Å². The minimum absolute atomic E-state index is 0.238. The van der Waals surface area contributed by atoms with Gasteiger partial charge in [0.1, 0.15) is 6.61 Å². The number of nitrogens with one attached hydrogen (secondary N) is 1. The number of nitrogens with zero attached hydrogens (tertiary/aromatic N) is 1. The molecule has 1 aliphatic heterocycles. The summed E-state index contributed by atoms with van der Waals surface area (Å²) in [5.74, 6) is 0.220. The zero-order chi connectivity index (χ0) is 26.5. The molecule has 0 aliphatic carbocycles. The van der Waals surface area contributed by atoms with Crippen LogP contribution in [-0.2, 0) is 11.4 Å². The molecule has 1 heterocycles. The van der Waals surface area contributed by atoms with Gasteiger partial charge in [-0.05, 0) is 83.5 Å². The molecular formula is C27H22BrClN2O4S2. The van der Waals surface area contributed by atoms with Crippen LogP contribution >= 0.6 is 51.5 Å². The van der Waals surface area contributed by atoms with Crippen molar-refractivity contribution in [3.63, 3.8) is 0 Å². The van der Waals surface area contributed by atoms with Crippen LogP contribution in [0, 0.1) is 6.92 Å². The van der Waals surface area contributed by atoms with Gasteiger partial charge in [0.25, 0.3) is 11.8 Å². The van der Waals surface area contributed by atoms with E-state index in [0.717, 1.165) is 27.9 Å². The molecule has 1 aliphatic rings. The van der Waals surface area contributed by atoms with Crippen LogP contribution in [0.2, 0.25) is 5.02 Å². The summed E-state index contributed by atoms with van der Waals surface area (Å²) in [5.41, 5.74) is 5.43. The fraction of sp³-hybridized carbons (Fsp3) is 0.148. The lowest BCUT2D eigenvalue weighted by Crippen LogP contribution is -2.45. The Balaban J connectivity index is 1.55. The maximum absolute atomic E-state index is 13.1. The Bertz CT molecular complexity index is 1410. The molecule has 10 heteroatoms. The summed E-state index contributed by atoms with van der Waals surface area (Å²) in [6.07, 6.45) is 1.70. The van der Waals surface area contributed by atoms with E-state index in [2.05, 4.69) is 21.4 Å². The number of hydrazine groups is 1. The number of benzene rings is 3. The highest BCUT2D eigenvalue weighted by Crippen LogP contribution is 2.40. The second-order valence-electron chi connectivity index (χ2n) is 7.92. The average molecular weight is 618 g/mol. The van der Waals surface area contributed by atoms with Crippen molar-refractivity contribution in [3.05, 3.63) is 97.3 Å². The van der Waals surface area contributed by atoms with Crippen molar-refractivity contribution in [2.75, 3.05) is 6.61 Å². The highest BCUT2D eigenvalue weighted by molar-refractivity contribution is 9.10. The van der Waals surface area contributed by atoms with E-state index in [4.69, 9.17) is 33.3 Å². The van der Waals surface area contributed by atoms with Gasteiger partial charge in [-0.3, -0.25) is 15.0 Å². The Kier molecular flexibility index (Phi) is 8.91. The number of carbonyl (C=O) groups is 2. The first kappa shape index (κ1) is 27.2. The maximum atomic E-state index is 13.1. The van der Waals surface area contributed by atoms with Crippen molar-refractivity contribution in [3.8, 4) is 11.5 Å². The Hall–Kier alpha value is -2.85. The van der Waals surface area contributed by atoms with Gasteiger partial charge in [0, 0.05) is 16.1 Å². The van der Waals surface area contributed by atoms with Crippen molar-refractivity contribution < 1.29 is 19.1 Å². The lowest BCUT2D eigenvalue weighted by molar-refractivity contribution is -0.123. The molecule has 0 aromatic heterocycles. The first-order valence-electron chi connectivity index (χ1n) is 11.3. The molecule has 0 radical (unpaired) electrons. The normalized spacial score (nSPS) is 14.3. The number of halogens is 2. The summed E-state index contributed by atoms with van der Waals surface area (Å²) in [6.45, 7) is 4.39. The van der Waals surface area contributed by atoms with Gasteiger partial charge in [-0.15, -0.1) is 0 Å². The number of hydrogen-bond donors (Lipinski definition) is 1. The van der Waals surface area contributed by atoms with Crippen LogP contribution in [0.1, 0.15) is 34.0 Å². The van der Waals surface area contributed by atoms with Crippen LogP contribution in [0.25, 0.3) is 6.08 Å². The summed E-state index contributed by atoms with van der Waals surface area (Å²) in [5, 5.41) is 1.71. The average Bonchev–Trinajstić information content (AvgIpc) is 3.12. The zero-order valence-corrected chi connectivity index (χ0v) is 23.9. The summed E-state index contributed by atoms with van der Waals surface area (Å²) in [6, 6.07) is 18.2. The van der Waals surface area contributed by atoms with Crippen molar-refractivity contribution in [1.29, 1.82) is 0 Å². The summed E-state index contributed by atoms with van der Waals surface area (Å²) < 4.78 is 12.7. The highest BCUT2D eigenvalue weighted by atomic mass is 79.9. The lowest BCUT2D eigenvalue weighted by Gasteiger charge is -2.16. The predicted octanol–water partition coefficient (Wildman–Crippen LogP) is 6.93. The van der Waals surface area contributed by atoms with Crippen LogP contribution in [0.15, 0.2) is 70.0 Å². The second kappa shape index (κ2) is 12.1. The molecule has 0 spiro atoms.